The predicted octanol–water partition coefficient (Wildman–Crippen LogP) is 4.40. The lowest BCUT2D eigenvalue weighted by molar-refractivity contribution is -0.149. The standard InChI is InChI=1S/C20H19ClN2O4S/c1-12-6-15(4-5-17(12)21)26-10-19(25)27-9-18(24)23-20-13(2)7-16(28-11-22)8-14(20)3/h4-8H,9-10H2,1-3H3,(H,23,24). The number of carbonyl (C=O) groups excluding carboxylic acids is 2. The Kier molecular flexibility index (Phi) is 7.73. The summed E-state index contributed by atoms with van der Waals surface area (Å²) in [6.07, 6.45) is 0. The van der Waals surface area contributed by atoms with E-state index in [1.807, 2.05) is 38.3 Å². The fourth-order valence-corrected chi connectivity index (χ4v) is 3.14. The Morgan fingerprint density at radius 1 is 1.11 bits per heavy atom. The van der Waals surface area contributed by atoms with Gasteiger partial charge in [-0.15, -0.1) is 0 Å². The van der Waals surface area contributed by atoms with Gasteiger partial charge in [-0.3, -0.25) is 4.79 Å². The number of nitrogens with one attached hydrogen (secondary N) is 1. The molecule has 8 heteroatoms. The highest BCUT2D eigenvalue weighted by Crippen LogP contribution is 2.27. The van der Waals surface area contributed by atoms with Crippen LogP contribution in [0, 0.1) is 31.4 Å². The normalized spacial score (nSPS) is 10.1. The minimum absolute atomic E-state index is 0.313. The number of ether oxygens (including phenoxy) is 2. The molecule has 0 saturated carbocycles. The molecule has 0 aromatic heterocycles. The van der Waals surface area contributed by atoms with E-state index in [2.05, 4.69) is 5.32 Å². The molecule has 2 aromatic carbocycles. The molecule has 1 amide bonds. The Bertz CT molecular complexity index is 917. The molecule has 6 nitrogen and oxygen atoms in total. The van der Waals surface area contributed by atoms with Gasteiger partial charge in [-0.2, -0.15) is 5.26 Å². The summed E-state index contributed by atoms with van der Waals surface area (Å²) in [6, 6.07) is 8.66. The number of hydrogen-bond donors (Lipinski definition) is 1. The van der Waals surface area contributed by atoms with Gasteiger partial charge >= 0.3 is 5.97 Å². The van der Waals surface area contributed by atoms with Crippen molar-refractivity contribution in [3.05, 3.63) is 52.0 Å². The molecule has 0 unspecified atom stereocenters. The number of nitrogens with zero attached hydrogens (tertiary/aromatic N) is 1. The quantitative estimate of drug-likeness (QED) is 0.407. The zero-order chi connectivity index (χ0) is 20.7. The van der Waals surface area contributed by atoms with Gasteiger partial charge in [0.25, 0.3) is 5.91 Å². The summed E-state index contributed by atoms with van der Waals surface area (Å²) < 4.78 is 10.3. The van der Waals surface area contributed by atoms with E-state index >= 15 is 0 Å². The molecule has 0 bridgehead atoms. The average molecular weight is 419 g/mol. The fraction of sp³-hybridized carbons (Fsp3) is 0.250. The van der Waals surface area contributed by atoms with Crippen LogP contribution in [0.3, 0.4) is 0 Å². The first-order chi connectivity index (χ1) is 13.3. The molecule has 2 aromatic rings. The molecular formula is C20H19ClN2O4S. The van der Waals surface area contributed by atoms with Crippen molar-refractivity contribution in [3.8, 4) is 11.2 Å². The van der Waals surface area contributed by atoms with Crippen molar-refractivity contribution in [3.63, 3.8) is 0 Å². The minimum Gasteiger partial charge on any atom is -0.482 e. The lowest BCUT2D eigenvalue weighted by Gasteiger charge is -2.13. The number of benzene rings is 2. The summed E-state index contributed by atoms with van der Waals surface area (Å²) in [5, 5.41) is 14.1. The predicted molar refractivity (Wildman–Crippen MR) is 109 cm³/mol. The fourth-order valence-electron chi connectivity index (χ4n) is 2.45. The first-order valence-electron chi connectivity index (χ1n) is 8.31. The van der Waals surface area contributed by atoms with Crippen LogP contribution in [-0.4, -0.2) is 25.1 Å². The van der Waals surface area contributed by atoms with E-state index in [-0.39, 0.29) is 6.61 Å². The van der Waals surface area contributed by atoms with Crippen molar-refractivity contribution in [2.24, 2.45) is 0 Å². The van der Waals surface area contributed by atoms with Crippen LogP contribution in [-0.2, 0) is 14.3 Å². The Morgan fingerprint density at radius 3 is 2.39 bits per heavy atom. The maximum atomic E-state index is 12.1. The van der Waals surface area contributed by atoms with Gasteiger partial charge in [0.05, 0.1) is 0 Å². The second-order valence-electron chi connectivity index (χ2n) is 6.03. The van der Waals surface area contributed by atoms with Gasteiger partial charge in [-0.1, -0.05) is 11.6 Å². The number of thiocyanates is 1. The Hall–Kier alpha value is -2.69. The first-order valence-corrected chi connectivity index (χ1v) is 9.51. The van der Waals surface area contributed by atoms with Gasteiger partial charge in [-0.25, -0.2) is 4.79 Å². The van der Waals surface area contributed by atoms with Crippen LogP contribution in [0.2, 0.25) is 5.02 Å². The summed E-state index contributed by atoms with van der Waals surface area (Å²) in [5.41, 5.74) is 3.10. The molecule has 2 rings (SSSR count). The van der Waals surface area contributed by atoms with E-state index in [9.17, 15) is 9.59 Å². The number of amides is 1. The van der Waals surface area contributed by atoms with Gasteiger partial charge < -0.3 is 14.8 Å². The van der Waals surface area contributed by atoms with Gasteiger partial charge in [-0.05, 0) is 79.6 Å². The van der Waals surface area contributed by atoms with Crippen LogP contribution >= 0.6 is 23.4 Å². The van der Waals surface area contributed by atoms with Crippen molar-refractivity contribution >= 4 is 40.9 Å². The minimum atomic E-state index is -0.656. The largest absolute Gasteiger partial charge is 0.482 e. The molecule has 0 aliphatic heterocycles. The number of halogens is 1. The van der Waals surface area contributed by atoms with E-state index in [4.69, 9.17) is 26.3 Å². The number of hydrogen-bond acceptors (Lipinski definition) is 6. The number of carbonyl (C=O) groups is 2. The van der Waals surface area contributed by atoms with Gasteiger partial charge in [0.1, 0.15) is 11.2 Å². The van der Waals surface area contributed by atoms with Crippen molar-refractivity contribution in [2.75, 3.05) is 18.5 Å². The molecule has 0 heterocycles. The van der Waals surface area contributed by atoms with E-state index in [0.717, 1.165) is 33.3 Å². The highest BCUT2D eigenvalue weighted by Gasteiger charge is 2.12. The van der Waals surface area contributed by atoms with Gasteiger partial charge in [0, 0.05) is 15.6 Å². The molecule has 0 atom stereocenters. The van der Waals surface area contributed by atoms with E-state index < -0.39 is 18.5 Å². The molecule has 0 fully saturated rings. The van der Waals surface area contributed by atoms with Crippen molar-refractivity contribution in [1.29, 1.82) is 5.26 Å². The van der Waals surface area contributed by atoms with Gasteiger partial charge in [0.2, 0.25) is 0 Å². The molecule has 0 aliphatic rings. The summed E-state index contributed by atoms with van der Waals surface area (Å²) in [5.74, 6) is -0.621. The lowest BCUT2D eigenvalue weighted by Crippen LogP contribution is -2.24. The summed E-state index contributed by atoms with van der Waals surface area (Å²) in [4.78, 5) is 24.7. The maximum absolute atomic E-state index is 12.1. The molecule has 0 saturated heterocycles. The second kappa shape index (κ2) is 10.0. The van der Waals surface area contributed by atoms with Crippen molar-refractivity contribution < 1.29 is 19.1 Å². The molecule has 28 heavy (non-hydrogen) atoms. The topological polar surface area (TPSA) is 88.4 Å². The monoisotopic (exact) mass is 418 g/mol. The third-order valence-electron chi connectivity index (χ3n) is 3.78. The van der Waals surface area contributed by atoms with Crippen molar-refractivity contribution in [1.82, 2.24) is 0 Å². The zero-order valence-electron chi connectivity index (χ0n) is 15.7. The molecule has 146 valence electrons. The number of nitriles is 1. The Balaban J connectivity index is 1.84. The number of rotatable bonds is 7. The second-order valence-corrected chi connectivity index (χ2v) is 7.30. The molecule has 0 radical (unpaired) electrons. The van der Waals surface area contributed by atoms with Crippen molar-refractivity contribution in [2.45, 2.75) is 25.7 Å². The van der Waals surface area contributed by atoms with Crippen LogP contribution in [0.15, 0.2) is 35.2 Å². The number of aryl methyl sites for hydroxylation is 3. The Morgan fingerprint density at radius 2 is 1.79 bits per heavy atom. The Labute approximate surface area is 172 Å². The third-order valence-corrected chi connectivity index (χ3v) is 4.77. The zero-order valence-corrected chi connectivity index (χ0v) is 17.2. The summed E-state index contributed by atoms with van der Waals surface area (Å²) in [7, 11) is 0. The molecular weight excluding hydrogens is 400 g/mol. The third kappa shape index (κ3) is 6.19. The molecule has 0 aliphatic carbocycles. The number of anilines is 1. The SMILES string of the molecule is Cc1cc(OCC(=O)OCC(=O)Nc2c(C)cc(SC#N)cc2C)ccc1Cl. The van der Waals surface area contributed by atoms with Gasteiger partial charge in [0.15, 0.2) is 13.2 Å². The summed E-state index contributed by atoms with van der Waals surface area (Å²) >= 11 is 6.99. The van der Waals surface area contributed by atoms with E-state index in [1.54, 1.807) is 18.2 Å². The highest BCUT2D eigenvalue weighted by atomic mass is 35.5. The van der Waals surface area contributed by atoms with Crippen LogP contribution < -0.4 is 10.1 Å². The molecule has 0 spiro atoms. The molecule has 1 N–H and O–H groups in total. The number of esters is 1. The van der Waals surface area contributed by atoms with E-state index in [1.165, 1.54) is 0 Å². The highest BCUT2D eigenvalue weighted by molar-refractivity contribution is 8.03. The van der Waals surface area contributed by atoms with Crippen LogP contribution in [0.5, 0.6) is 5.75 Å². The lowest BCUT2D eigenvalue weighted by atomic mass is 10.1. The maximum Gasteiger partial charge on any atom is 0.344 e. The van der Waals surface area contributed by atoms with Crippen LogP contribution in [0.1, 0.15) is 16.7 Å². The first kappa shape index (κ1) is 21.6. The smallest absolute Gasteiger partial charge is 0.344 e. The number of thioether (sulfide) groups is 1. The summed E-state index contributed by atoms with van der Waals surface area (Å²) in [6.45, 7) is 4.76. The van der Waals surface area contributed by atoms with Crippen LogP contribution in [0.25, 0.3) is 0 Å². The van der Waals surface area contributed by atoms with E-state index in [0.29, 0.717) is 16.5 Å². The average Bonchev–Trinajstić information content (AvgIpc) is 2.64. The van der Waals surface area contributed by atoms with Crippen LogP contribution in [0.4, 0.5) is 5.69 Å².